The first kappa shape index (κ1) is 19.4. The molecule has 0 N–H and O–H groups in total. The Hall–Kier alpha value is -2.32. The summed E-state index contributed by atoms with van der Waals surface area (Å²) >= 11 is 0. The van der Waals surface area contributed by atoms with Gasteiger partial charge in [0.1, 0.15) is 0 Å². The molecule has 0 saturated carbocycles. The molecular weight excluding hydrogens is 353 g/mol. The van der Waals surface area contributed by atoms with Crippen LogP contribution >= 0.6 is 7.14 Å². The lowest BCUT2D eigenvalue weighted by molar-refractivity contribution is 0.437. The Morgan fingerprint density at radius 2 is 1.44 bits per heavy atom. The van der Waals surface area contributed by atoms with Crippen molar-refractivity contribution in [2.24, 2.45) is 5.10 Å². The molecule has 27 heavy (non-hydrogen) atoms. The lowest BCUT2D eigenvalue weighted by Gasteiger charge is -2.25. The molecule has 0 aliphatic carbocycles. The molecule has 0 spiro atoms. The van der Waals surface area contributed by atoms with Crippen molar-refractivity contribution in [2.75, 3.05) is 27.2 Å². The fourth-order valence-corrected chi connectivity index (χ4v) is 6.37. The van der Waals surface area contributed by atoms with E-state index in [1.165, 1.54) is 12.8 Å². The quantitative estimate of drug-likeness (QED) is 0.433. The van der Waals surface area contributed by atoms with Gasteiger partial charge in [-0.3, -0.25) is 0 Å². The molecule has 0 aromatic heterocycles. The van der Waals surface area contributed by atoms with E-state index in [1.807, 2.05) is 81.7 Å². The van der Waals surface area contributed by atoms with Crippen LogP contribution in [0.15, 0.2) is 77.3 Å². The second-order valence-corrected chi connectivity index (χ2v) is 9.80. The molecule has 5 heteroatoms. The average molecular weight is 381 g/mol. The molecule has 4 nitrogen and oxygen atoms in total. The van der Waals surface area contributed by atoms with E-state index in [0.717, 1.165) is 34.7 Å². The Bertz CT molecular complexity index is 810. The summed E-state index contributed by atoms with van der Waals surface area (Å²) in [4.78, 5) is 2.28. The number of rotatable bonds is 6. The standard InChI is InChI=1S/C22H28N3OP/c1-19(23-24(2)3)22(18-25-16-10-11-17-25)27(26,20-12-6-4-7-13-20)21-14-8-5-9-15-21/h4-9,12-15,18H,10-11,16-17H2,1-3H3/b22-18+,23-19+. The zero-order valence-electron chi connectivity index (χ0n) is 16.4. The molecular formula is C22H28N3OP. The largest absolute Gasteiger partial charge is 0.377 e. The lowest BCUT2D eigenvalue weighted by Crippen LogP contribution is -2.23. The van der Waals surface area contributed by atoms with Gasteiger partial charge in [-0.15, -0.1) is 0 Å². The predicted octanol–water partition coefficient (Wildman–Crippen LogP) is 3.88. The molecule has 0 radical (unpaired) electrons. The van der Waals surface area contributed by atoms with E-state index in [-0.39, 0.29) is 0 Å². The van der Waals surface area contributed by atoms with Crippen molar-refractivity contribution in [3.8, 4) is 0 Å². The minimum atomic E-state index is -3.04. The van der Waals surface area contributed by atoms with Crippen LogP contribution in [0.1, 0.15) is 19.8 Å². The maximum absolute atomic E-state index is 14.7. The summed E-state index contributed by atoms with van der Waals surface area (Å²) in [6.07, 6.45) is 4.44. The van der Waals surface area contributed by atoms with Crippen LogP contribution in [0.2, 0.25) is 0 Å². The van der Waals surface area contributed by atoms with E-state index in [0.29, 0.717) is 0 Å². The molecule has 3 rings (SSSR count). The van der Waals surface area contributed by atoms with Crippen LogP contribution in [0, 0.1) is 0 Å². The van der Waals surface area contributed by atoms with Crippen LogP contribution in [0.5, 0.6) is 0 Å². The highest BCUT2D eigenvalue weighted by atomic mass is 31.2. The fourth-order valence-electron chi connectivity index (χ4n) is 3.50. The Kier molecular flexibility index (Phi) is 6.18. The second kappa shape index (κ2) is 8.58. The zero-order chi connectivity index (χ0) is 19.3. The molecule has 2 aromatic carbocycles. The minimum absolute atomic E-state index is 0.794. The van der Waals surface area contributed by atoms with Gasteiger partial charge in [-0.2, -0.15) is 5.10 Å². The number of likely N-dealkylation sites (tertiary alicyclic amines) is 1. The van der Waals surface area contributed by atoms with Gasteiger partial charge in [0, 0.05) is 44.0 Å². The molecule has 1 aliphatic heterocycles. The van der Waals surface area contributed by atoms with Gasteiger partial charge in [0.15, 0.2) is 7.14 Å². The Morgan fingerprint density at radius 1 is 0.963 bits per heavy atom. The second-order valence-electron chi connectivity index (χ2n) is 7.07. The Labute approximate surface area is 162 Å². The number of hydrazone groups is 1. The lowest BCUT2D eigenvalue weighted by atomic mass is 10.4. The van der Waals surface area contributed by atoms with Crippen LogP contribution in [0.3, 0.4) is 0 Å². The summed E-state index contributed by atoms with van der Waals surface area (Å²) in [5.74, 6) is 0. The minimum Gasteiger partial charge on any atom is -0.377 e. The highest BCUT2D eigenvalue weighted by Crippen LogP contribution is 2.52. The van der Waals surface area contributed by atoms with E-state index in [2.05, 4.69) is 16.2 Å². The summed E-state index contributed by atoms with van der Waals surface area (Å²) < 4.78 is 14.7. The average Bonchev–Trinajstić information content (AvgIpc) is 3.19. The normalized spacial score (nSPS) is 15.9. The zero-order valence-corrected chi connectivity index (χ0v) is 17.3. The fraction of sp³-hybridized carbons (Fsp3) is 0.318. The molecule has 1 fully saturated rings. The topological polar surface area (TPSA) is 35.9 Å². The van der Waals surface area contributed by atoms with Crippen molar-refractivity contribution in [3.63, 3.8) is 0 Å². The van der Waals surface area contributed by atoms with Crippen LogP contribution in [0.4, 0.5) is 0 Å². The Morgan fingerprint density at radius 3 is 1.89 bits per heavy atom. The van der Waals surface area contributed by atoms with Crippen molar-refractivity contribution >= 4 is 23.5 Å². The van der Waals surface area contributed by atoms with E-state index in [1.54, 1.807) is 5.01 Å². The molecule has 1 saturated heterocycles. The summed E-state index contributed by atoms with van der Waals surface area (Å²) in [6, 6.07) is 19.6. The van der Waals surface area contributed by atoms with Crippen molar-refractivity contribution in [1.29, 1.82) is 0 Å². The molecule has 142 valence electrons. The molecule has 0 atom stereocenters. The third-order valence-corrected chi connectivity index (χ3v) is 7.91. The van der Waals surface area contributed by atoms with Crippen molar-refractivity contribution in [2.45, 2.75) is 19.8 Å². The van der Waals surface area contributed by atoms with Crippen LogP contribution in [-0.4, -0.2) is 42.8 Å². The van der Waals surface area contributed by atoms with Gasteiger partial charge in [-0.25, -0.2) is 0 Å². The van der Waals surface area contributed by atoms with Crippen LogP contribution in [-0.2, 0) is 4.57 Å². The molecule has 0 bridgehead atoms. The first-order chi connectivity index (χ1) is 13.0. The van der Waals surface area contributed by atoms with Gasteiger partial charge in [-0.05, 0) is 19.8 Å². The van der Waals surface area contributed by atoms with Gasteiger partial charge >= 0.3 is 0 Å². The number of allylic oxidation sites excluding steroid dienone is 1. The summed E-state index contributed by atoms with van der Waals surface area (Å²) in [5, 5.41) is 8.89. The van der Waals surface area contributed by atoms with Gasteiger partial charge in [-0.1, -0.05) is 60.7 Å². The highest BCUT2D eigenvalue weighted by molar-refractivity contribution is 7.83. The SMILES string of the molecule is CC(=N\N(C)C)/C(=C\N1CCCC1)P(=O)(c1ccccc1)c1ccccc1. The molecule has 0 unspecified atom stereocenters. The van der Waals surface area contributed by atoms with Crippen LogP contribution in [0.25, 0.3) is 0 Å². The maximum atomic E-state index is 14.7. The van der Waals surface area contributed by atoms with Crippen molar-refractivity contribution in [1.82, 2.24) is 9.91 Å². The van der Waals surface area contributed by atoms with Gasteiger partial charge in [0.25, 0.3) is 0 Å². The number of nitrogens with zero attached hydrogens (tertiary/aromatic N) is 3. The van der Waals surface area contributed by atoms with Crippen molar-refractivity contribution < 1.29 is 4.57 Å². The molecule has 1 aliphatic rings. The van der Waals surface area contributed by atoms with E-state index < -0.39 is 7.14 Å². The molecule has 2 aromatic rings. The smallest absolute Gasteiger partial charge is 0.174 e. The van der Waals surface area contributed by atoms with E-state index >= 15 is 0 Å². The number of benzene rings is 2. The number of hydrogen-bond acceptors (Lipinski definition) is 4. The van der Waals surface area contributed by atoms with E-state index in [9.17, 15) is 4.57 Å². The van der Waals surface area contributed by atoms with Gasteiger partial charge in [0.2, 0.25) is 0 Å². The molecule has 0 amide bonds. The highest BCUT2D eigenvalue weighted by Gasteiger charge is 2.34. The van der Waals surface area contributed by atoms with Crippen molar-refractivity contribution in [3.05, 3.63) is 72.2 Å². The predicted molar refractivity (Wildman–Crippen MR) is 115 cm³/mol. The molecule has 1 heterocycles. The third kappa shape index (κ3) is 4.33. The Balaban J connectivity index is 2.24. The third-order valence-electron chi connectivity index (χ3n) is 4.75. The van der Waals surface area contributed by atoms with E-state index in [4.69, 9.17) is 0 Å². The summed E-state index contributed by atoms with van der Waals surface area (Å²) in [5.41, 5.74) is 0.794. The van der Waals surface area contributed by atoms with Gasteiger partial charge in [0.05, 0.1) is 11.0 Å². The first-order valence-corrected chi connectivity index (χ1v) is 11.1. The first-order valence-electron chi connectivity index (χ1n) is 9.42. The summed E-state index contributed by atoms with van der Waals surface area (Å²) in [6.45, 7) is 3.96. The monoisotopic (exact) mass is 381 g/mol. The number of hydrogen-bond donors (Lipinski definition) is 0. The van der Waals surface area contributed by atoms with Gasteiger partial charge < -0.3 is 14.5 Å². The maximum Gasteiger partial charge on any atom is 0.174 e. The summed E-state index contributed by atoms with van der Waals surface area (Å²) in [7, 11) is 0.754. The van der Waals surface area contributed by atoms with Crippen LogP contribution < -0.4 is 10.6 Å².